The van der Waals surface area contributed by atoms with Crippen LogP contribution in [0.25, 0.3) is 0 Å². The molecule has 2 aliphatic rings. The third-order valence-corrected chi connectivity index (χ3v) is 9.96. The van der Waals surface area contributed by atoms with Crippen LogP contribution in [0.15, 0.2) is 91.0 Å². The van der Waals surface area contributed by atoms with Crippen LogP contribution in [0.5, 0.6) is 0 Å². The third kappa shape index (κ3) is 12.7. The van der Waals surface area contributed by atoms with Gasteiger partial charge >= 0.3 is 311 Å². The van der Waals surface area contributed by atoms with Crippen molar-refractivity contribution >= 4 is 10.5 Å². The van der Waals surface area contributed by atoms with Gasteiger partial charge in [-0.1, -0.05) is 0 Å². The van der Waals surface area contributed by atoms with E-state index in [4.69, 9.17) is 32.7 Å². The van der Waals surface area contributed by atoms with Gasteiger partial charge in [0.05, 0.1) is 0 Å². The predicted octanol–water partition coefficient (Wildman–Crippen LogP) is 6.95. The number of carbonyl (C=O) groups is 1. The molecular weight excluding hydrogens is 686 g/mol. The summed E-state index contributed by atoms with van der Waals surface area (Å²) in [4.78, 5) is 13.4. The molecule has 51 heavy (non-hydrogen) atoms. The van der Waals surface area contributed by atoms with Crippen LogP contribution in [0, 0.1) is 51.0 Å². The molecule has 1 aliphatic carbocycles. The topological polar surface area (TPSA) is 147 Å². The van der Waals surface area contributed by atoms with Gasteiger partial charge in [-0.25, -0.2) is 0 Å². The molecular formula is C41H43CrNO8. The van der Waals surface area contributed by atoms with Crippen molar-refractivity contribution in [1.82, 2.24) is 5.32 Å². The second-order valence-corrected chi connectivity index (χ2v) is 13.0. The van der Waals surface area contributed by atoms with E-state index in [2.05, 4.69) is 142 Å². The predicted molar refractivity (Wildman–Crippen MR) is 181 cm³/mol. The van der Waals surface area contributed by atoms with E-state index >= 15 is 0 Å². The van der Waals surface area contributed by atoms with Gasteiger partial charge in [0.15, 0.2) is 0 Å². The van der Waals surface area contributed by atoms with Crippen LogP contribution in [-0.4, -0.2) is 29.3 Å². The minimum atomic E-state index is -0.485. The Bertz CT molecular complexity index is 1500. The van der Waals surface area contributed by atoms with Gasteiger partial charge in [0, 0.05) is 0 Å². The molecule has 0 aromatic heterocycles. The summed E-state index contributed by atoms with van der Waals surface area (Å²) in [6, 6.07) is 31.1. The summed E-state index contributed by atoms with van der Waals surface area (Å²) < 4.78 is 51.1. The molecule has 7 atom stereocenters. The van der Waals surface area contributed by atoms with Crippen LogP contribution in [0.3, 0.4) is 0 Å². The fraction of sp³-hybridized carbons (Fsp3) is 0.390. The van der Waals surface area contributed by atoms with E-state index in [0.717, 1.165) is 28.5 Å². The van der Waals surface area contributed by atoms with Crippen LogP contribution in [0.2, 0.25) is 0 Å². The van der Waals surface area contributed by atoms with Gasteiger partial charge in [0.25, 0.3) is 0 Å². The summed E-state index contributed by atoms with van der Waals surface area (Å²) in [5.74, 6) is 0.515. The Morgan fingerprint density at radius 2 is 1.25 bits per heavy atom. The summed E-state index contributed by atoms with van der Waals surface area (Å²) in [7, 11) is 0. The molecule has 0 unspecified atom stereocenters. The number of benzene rings is 3. The molecule has 0 radical (unpaired) electrons. The van der Waals surface area contributed by atoms with Crippen LogP contribution in [0.4, 0.5) is 0 Å². The summed E-state index contributed by atoms with van der Waals surface area (Å²) in [5.41, 5.74) is 3.56. The molecule has 1 aliphatic heterocycles. The fourth-order valence-electron chi connectivity index (χ4n) is 7.18. The van der Waals surface area contributed by atoms with Crippen molar-refractivity contribution in [2.75, 3.05) is 6.61 Å². The van der Waals surface area contributed by atoms with Crippen molar-refractivity contribution in [1.29, 1.82) is 0 Å². The summed E-state index contributed by atoms with van der Waals surface area (Å²) in [6.07, 6.45) is 3.41. The van der Waals surface area contributed by atoms with Gasteiger partial charge in [-0.15, -0.1) is 0 Å². The van der Waals surface area contributed by atoms with Crippen molar-refractivity contribution in [3.8, 4) is 0 Å². The first-order valence-electron chi connectivity index (χ1n) is 16.1. The Morgan fingerprint density at radius 1 is 0.784 bits per heavy atom. The van der Waals surface area contributed by atoms with E-state index in [0.29, 0.717) is 18.4 Å². The van der Waals surface area contributed by atoms with Gasteiger partial charge in [0.2, 0.25) is 0 Å². The van der Waals surface area contributed by atoms with Gasteiger partial charge in [0.1, 0.15) is 0 Å². The molecule has 266 valence electrons. The monoisotopic (exact) mass is 729 g/mol. The van der Waals surface area contributed by atoms with Crippen LogP contribution in [-0.2, 0) is 58.8 Å². The van der Waals surface area contributed by atoms with Crippen LogP contribution >= 0.6 is 0 Å². The Balaban J connectivity index is 0.00000230. The maximum absolute atomic E-state index is 13.4. The molecule has 1 N–H and O–H groups in total. The van der Waals surface area contributed by atoms with Crippen LogP contribution < -0.4 is 5.32 Å². The molecule has 3 aromatic rings. The quantitative estimate of drug-likeness (QED) is 0.144. The molecule has 0 bridgehead atoms. The summed E-state index contributed by atoms with van der Waals surface area (Å²) in [6.45, 7) is 31.8. The zero-order chi connectivity index (χ0) is 39.0. The number of carbonyl (C=O) groups excluding carboxylic acids is 1. The van der Waals surface area contributed by atoms with Gasteiger partial charge < -0.3 is 0 Å². The van der Waals surface area contributed by atoms with Crippen molar-refractivity contribution in [3.05, 3.63) is 141 Å². The van der Waals surface area contributed by atoms with Crippen molar-refractivity contribution < 1.29 is 53.4 Å². The zero-order valence-electron chi connectivity index (χ0n) is 29.2. The Labute approximate surface area is 310 Å². The first-order valence-corrected chi connectivity index (χ1v) is 16.8. The summed E-state index contributed by atoms with van der Waals surface area (Å²) in [5, 5.41) is 3.69. The molecule has 0 spiro atoms. The molecule has 0 amide bonds. The fourth-order valence-corrected chi connectivity index (χ4v) is 7.81. The van der Waals surface area contributed by atoms with E-state index in [1.165, 1.54) is 12.0 Å². The molecule has 5 rings (SSSR count). The zero-order valence-corrected chi connectivity index (χ0v) is 30.5. The second-order valence-electron chi connectivity index (χ2n) is 12.3. The molecule has 10 heteroatoms. The van der Waals surface area contributed by atoms with Crippen molar-refractivity contribution in [2.24, 2.45) is 17.8 Å². The Kier molecular flexibility index (Phi) is 24.0. The number of esters is 1. The molecule has 2 fully saturated rings. The summed E-state index contributed by atoms with van der Waals surface area (Å²) >= 11 is 3.39. The Morgan fingerprint density at radius 3 is 1.75 bits per heavy atom. The van der Waals surface area contributed by atoms with Crippen molar-refractivity contribution in [2.45, 2.75) is 76.5 Å². The average molecular weight is 730 g/mol. The Hall–Kier alpha value is -3.85. The van der Waals surface area contributed by atoms with Gasteiger partial charge in [-0.05, 0) is 0 Å². The van der Waals surface area contributed by atoms with Crippen LogP contribution in [0.1, 0.15) is 75.6 Å². The number of rotatable bonds is 9. The number of ether oxygens (including phenoxy) is 2. The van der Waals surface area contributed by atoms with E-state index < -0.39 is 6.04 Å². The molecule has 1 saturated carbocycles. The first kappa shape index (κ1) is 47.2. The maximum atomic E-state index is 13.4. The van der Waals surface area contributed by atoms with Gasteiger partial charge in [-0.2, -0.15) is 0 Å². The molecule has 1 saturated heterocycles. The molecule has 1 heterocycles. The second kappa shape index (κ2) is 26.0. The SMILES string of the molecule is CCOC(=O)[C@H]1N[C@@H](c2ccccc2)[C@H]([C](=[Cr])O[C@@H]2C[C@H](C)CC[C@H]2C(C)(C)c2ccccc2)[C@H]1c1ccccc1.[C-]#[O+].[C-]#[O+].[C-]#[O+].[C-]#[O+].[C-]#[O+]. The number of hydrogen-bond acceptors (Lipinski definition) is 4. The standard InChI is InChI=1S/C36H43NO3.5CO.Cr/c1-5-39-35(38)34-32(26-15-9-6-10-16-26)29(33(37-34)27-17-11-7-12-18-27)24-40-31-23-25(2)21-22-30(31)36(3,4)28-19-13-8-14-20-28;5*1-2;/h6-20,25,29-34,37H,5,21-23H2,1-4H3;;;;;;/t25-,29-,30-,31-,32-,33+,34+;;;;;;/m1....../s1. The van der Waals surface area contributed by atoms with Crippen molar-refractivity contribution in [3.63, 3.8) is 0 Å². The number of nitrogens with one attached hydrogen (secondary N) is 1. The van der Waals surface area contributed by atoms with E-state index in [9.17, 15) is 4.79 Å². The average Bonchev–Trinajstić information content (AvgIpc) is 3.61. The number of hydrogen-bond donors (Lipinski definition) is 1. The van der Waals surface area contributed by atoms with E-state index in [-0.39, 0.29) is 35.4 Å². The third-order valence-electron chi connectivity index (χ3n) is 9.39. The normalized spacial score (nSPS) is 22.9. The molecule has 3 aromatic carbocycles. The van der Waals surface area contributed by atoms with E-state index in [1.54, 1.807) is 0 Å². The van der Waals surface area contributed by atoms with Gasteiger partial charge in [-0.3, -0.25) is 0 Å². The minimum absolute atomic E-state index is 0.0363. The van der Waals surface area contributed by atoms with E-state index in [1.807, 2.05) is 31.2 Å². The first-order chi connectivity index (χ1) is 24.8. The molecule has 9 nitrogen and oxygen atoms in total.